The van der Waals surface area contributed by atoms with Crippen LogP contribution < -0.4 is 4.90 Å². The number of rotatable bonds is 7. The van der Waals surface area contributed by atoms with E-state index in [0.29, 0.717) is 11.1 Å². The quantitative estimate of drug-likeness (QED) is 0.0952. The van der Waals surface area contributed by atoms with Crippen LogP contribution in [0.2, 0.25) is 0 Å². The minimum absolute atomic E-state index is 0.134. The molecule has 0 heterocycles. The van der Waals surface area contributed by atoms with Gasteiger partial charge in [-0.05, 0) is 115 Å². The average Bonchev–Trinajstić information content (AvgIpc) is 3.56. The summed E-state index contributed by atoms with van der Waals surface area (Å²) in [6.45, 7) is 9.28. The predicted molar refractivity (Wildman–Crippen MR) is 219 cm³/mol. The molecule has 53 heavy (non-hydrogen) atoms. The number of aldehydes is 1. The maximum atomic E-state index is 13.4. The van der Waals surface area contributed by atoms with Gasteiger partial charge in [0.05, 0.1) is 0 Å². The van der Waals surface area contributed by atoms with Crippen LogP contribution in [0.25, 0.3) is 39.1 Å². The summed E-state index contributed by atoms with van der Waals surface area (Å²) >= 11 is 0. The maximum absolute atomic E-state index is 13.4. The van der Waals surface area contributed by atoms with E-state index in [4.69, 9.17) is 0 Å². The third kappa shape index (κ3) is 5.18. The van der Waals surface area contributed by atoms with Gasteiger partial charge in [0.25, 0.3) is 0 Å². The molecule has 0 spiro atoms. The van der Waals surface area contributed by atoms with E-state index in [-0.39, 0.29) is 16.6 Å². The van der Waals surface area contributed by atoms with Gasteiger partial charge in [-0.25, -0.2) is 0 Å². The molecule has 0 bridgehead atoms. The summed E-state index contributed by atoms with van der Waals surface area (Å²) in [6, 6.07) is 51.0. The number of carbonyl (C=O) groups is 2. The van der Waals surface area contributed by atoms with Crippen molar-refractivity contribution in [1.82, 2.24) is 0 Å². The highest BCUT2D eigenvalue weighted by Crippen LogP contribution is 2.53. The van der Waals surface area contributed by atoms with Crippen LogP contribution in [0, 0.1) is 0 Å². The van der Waals surface area contributed by atoms with Gasteiger partial charge < -0.3 is 4.90 Å². The summed E-state index contributed by atoms with van der Waals surface area (Å²) in [7, 11) is 0. The molecule has 0 radical (unpaired) electrons. The monoisotopic (exact) mass is 685 g/mol. The largest absolute Gasteiger partial charge is 0.310 e. The van der Waals surface area contributed by atoms with Crippen LogP contribution in [0.1, 0.15) is 76.2 Å². The summed E-state index contributed by atoms with van der Waals surface area (Å²) in [5.74, 6) is -0.202. The SMILES string of the molecule is CC1(C)c2ccccc2-c2ccc(N(c3ccc(/C=C\C(=O)c4cc5ccccc5cc4C=O)cc3)c3ccc4c(c3)C(C)(C)c3ccccc3-4)cc21. The highest BCUT2D eigenvalue weighted by molar-refractivity contribution is 6.13. The van der Waals surface area contributed by atoms with Gasteiger partial charge in [0.15, 0.2) is 12.1 Å². The van der Waals surface area contributed by atoms with Crippen LogP contribution in [-0.2, 0) is 10.8 Å². The zero-order valence-corrected chi connectivity index (χ0v) is 30.4. The third-order valence-electron chi connectivity index (χ3n) is 11.5. The average molecular weight is 686 g/mol. The summed E-state index contributed by atoms with van der Waals surface area (Å²) in [5, 5.41) is 1.86. The number of nitrogens with zero attached hydrogens (tertiary/aromatic N) is 1. The normalized spacial score (nSPS) is 14.4. The van der Waals surface area contributed by atoms with E-state index in [0.717, 1.165) is 39.7 Å². The number of benzene rings is 7. The number of carbonyl (C=O) groups excluding carboxylic acids is 2. The Bertz CT molecular complexity index is 2550. The number of fused-ring (bicyclic) bond motifs is 7. The van der Waals surface area contributed by atoms with Crippen molar-refractivity contribution in [3.63, 3.8) is 0 Å². The molecular formula is C50H39NO2. The Balaban J connectivity index is 1.11. The molecule has 0 N–H and O–H groups in total. The molecule has 0 atom stereocenters. The van der Waals surface area contributed by atoms with Gasteiger partial charge >= 0.3 is 0 Å². The van der Waals surface area contributed by atoms with Crippen LogP contribution in [0.15, 0.2) is 152 Å². The highest BCUT2D eigenvalue weighted by Gasteiger charge is 2.37. The third-order valence-corrected chi connectivity index (χ3v) is 11.5. The molecule has 0 unspecified atom stereocenters. The molecule has 0 fully saturated rings. The molecule has 0 amide bonds. The first-order valence-corrected chi connectivity index (χ1v) is 18.2. The summed E-state index contributed by atoms with van der Waals surface area (Å²) < 4.78 is 0. The molecule has 2 aliphatic carbocycles. The lowest BCUT2D eigenvalue weighted by atomic mass is 9.82. The first-order valence-electron chi connectivity index (χ1n) is 18.2. The lowest BCUT2D eigenvalue weighted by molar-refractivity contribution is 0.103. The number of hydrogen-bond donors (Lipinski definition) is 0. The van der Waals surface area contributed by atoms with E-state index in [9.17, 15) is 9.59 Å². The van der Waals surface area contributed by atoms with E-state index in [1.54, 1.807) is 18.2 Å². The molecule has 0 saturated carbocycles. The van der Waals surface area contributed by atoms with Crippen molar-refractivity contribution >= 4 is 46.0 Å². The Morgan fingerprint density at radius 3 is 1.53 bits per heavy atom. The fourth-order valence-corrected chi connectivity index (χ4v) is 8.67. The van der Waals surface area contributed by atoms with Gasteiger partial charge in [-0.3, -0.25) is 9.59 Å². The summed E-state index contributed by atoms with van der Waals surface area (Å²) in [5.41, 5.74) is 15.1. The molecule has 2 aliphatic rings. The Hall–Kier alpha value is -6.32. The van der Waals surface area contributed by atoms with E-state index < -0.39 is 0 Å². The summed E-state index contributed by atoms with van der Waals surface area (Å²) in [6.07, 6.45) is 4.14. The van der Waals surface area contributed by atoms with Gasteiger partial charge in [-0.2, -0.15) is 0 Å². The molecular weight excluding hydrogens is 647 g/mol. The van der Waals surface area contributed by atoms with Crippen LogP contribution in [0.3, 0.4) is 0 Å². The number of hydrogen-bond acceptors (Lipinski definition) is 3. The van der Waals surface area contributed by atoms with E-state index in [1.165, 1.54) is 44.5 Å². The van der Waals surface area contributed by atoms with Crippen molar-refractivity contribution in [2.24, 2.45) is 0 Å². The molecule has 0 aromatic heterocycles. The standard InChI is InChI=1S/C50H39NO2/c1-49(2)44-15-9-7-13-39(44)41-24-22-37(29-46(41)49)51(38-23-25-42-40-14-8-10-16-45(40)50(3,4)47(42)30-38)36-20-17-32(18-21-36)19-26-48(53)43-28-34-12-6-5-11-33(34)27-35(43)31-52/h5-31H,1-4H3/b26-19-. The van der Waals surface area contributed by atoms with Crippen LogP contribution in [0.5, 0.6) is 0 Å². The van der Waals surface area contributed by atoms with Crippen molar-refractivity contribution in [2.75, 3.05) is 4.90 Å². The minimum Gasteiger partial charge on any atom is -0.310 e. The minimum atomic E-state index is -0.202. The fraction of sp³-hybridized carbons (Fsp3) is 0.120. The van der Waals surface area contributed by atoms with Gasteiger partial charge in [0.2, 0.25) is 0 Å². The number of ketones is 1. The lowest BCUT2D eigenvalue weighted by Gasteiger charge is -2.29. The van der Waals surface area contributed by atoms with Gasteiger partial charge in [0, 0.05) is 39.0 Å². The predicted octanol–water partition coefficient (Wildman–Crippen LogP) is 12.6. The second-order valence-corrected chi connectivity index (χ2v) is 15.3. The zero-order chi connectivity index (χ0) is 36.5. The van der Waals surface area contributed by atoms with Crippen LogP contribution >= 0.6 is 0 Å². The molecule has 3 heteroatoms. The fourth-order valence-electron chi connectivity index (χ4n) is 8.67. The zero-order valence-electron chi connectivity index (χ0n) is 30.4. The highest BCUT2D eigenvalue weighted by atomic mass is 16.1. The van der Waals surface area contributed by atoms with E-state index >= 15 is 0 Å². The van der Waals surface area contributed by atoms with Crippen molar-refractivity contribution in [1.29, 1.82) is 0 Å². The molecule has 3 nitrogen and oxygen atoms in total. The molecule has 0 aliphatic heterocycles. The molecule has 7 aromatic carbocycles. The van der Waals surface area contributed by atoms with Crippen molar-refractivity contribution in [3.05, 3.63) is 191 Å². The first kappa shape index (κ1) is 32.6. The lowest BCUT2D eigenvalue weighted by Crippen LogP contribution is -2.18. The topological polar surface area (TPSA) is 37.4 Å². The van der Waals surface area contributed by atoms with Crippen molar-refractivity contribution in [3.8, 4) is 22.3 Å². The van der Waals surface area contributed by atoms with Gasteiger partial charge in [0.1, 0.15) is 0 Å². The first-order chi connectivity index (χ1) is 25.6. The Morgan fingerprint density at radius 1 is 0.509 bits per heavy atom. The van der Waals surface area contributed by atoms with Crippen LogP contribution in [0.4, 0.5) is 17.1 Å². The number of allylic oxidation sites excluding steroid dienone is 1. The van der Waals surface area contributed by atoms with Crippen molar-refractivity contribution in [2.45, 2.75) is 38.5 Å². The van der Waals surface area contributed by atoms with Gasteiger partial charge in [-0.15, -0.1) is 0 Å². The molecule has 9 rings (SSSR count). The molecule has 7 aromatic rings. The Morgan fingerprint density at radius 2 is 0.981 bits per heavy atom. The van der Waals surface area contributed by atoms with E-state index in [1.807, 2.05) is 42.5 Å². The molecule has 0 saturated heterocycles. The Kier molecular flexibility index (Phi) is 7.46. The number of anilines is 3. The van der Waals surface area contributed by atoms with Gasteiger partial charge in [-0.1, -0.05) is 131 Å². The Labute approximate surface area is 310 Å². The van der Waals surface area contributed by atoms with Crippen molar-refractivity contribution < 1.29 is 9.59 Å². The smallest absolute Gasteiger partial charge is 0.186 e. The second-order valence-electron chi connectivity index (χ2n) is 15.3. The second kappa shape index (κ2) is 12.1. The maximum Gasteiger partial charge on any atom is 0.186 e. The molecule has 256 valence electrons. The summed E-state index contributed by atoms with van der Waals surface area (Å²) in [4.78, 5) is 27.7. The van der Waals surface area contributed by atoms with E-state index in [2.05, 4.69) is 130 Å². The van der Waals surface area contributed by atoms with Crippen LogP contribution in [-0.4, -0.2) is 12.1 Å².